The Morgan fingerprint density at radius 1 is 0.875 bits per heavy atom. The predicted octanol–water partition coefficient (Wildman–Crippen LogP) is 4.55. The molecule has 2 aromatic rings. The maximum Gasteiger partial charge on any atom is 0.251 e. The summed E-state index contributed by atoms with van der Waals surface area (Å²) in [5.41, 5.74) is 0.981. The summed E-state index contributed by atoms with van der Waals surface area (Å²) in [5.74, 6) is -0.472. The molecule has 0 fully saturated rings. The highest BCUT2D eigenvalue weighted by atomic mass is 35.6. The molecule has 1 amide bonds. The molecule has 0 saturated carbocycles. The topological polar surface area (TPSA) is 67.8 Å². The number of aromatic nitrogens is 3. The fourth-order valence-corrected chi connectivity index (χ4v) is 2.18. The third-order valence-corrected chi connectivity index (χ3v) is 3.79. The van der Waals surface area contributed by atoms with Gasteiger partial charge in [0.15, 0.2) is 17.5 Å². The number of hydrogen-bond acceptors (Lipinski definition) is 4. The lowest BCUT2D eigenvalue weighted by Crippen LogP contribution is -2.18. The molecule has 128 valence electrons. The maximum absolute atomic E-state index is 11.6. The van der Waals surface area contributed by atoms with Crippen molar-refractivity contribution in [3.8, 4) is 11.4 Å². The van der Waals surface area contributed by atoms with Crippen molar-refractivity contribution in [2.45, 2.75) is 7.59 Å². The molecule has 0 atom stereocenters. The molecule has 0 unspecified atom stereocenters. The summed E-state index contributed by atoms with van der Waals surface area (Å²) in [4.78, 5) is 23.6. The standard InChI is InChI=1S/C13H8Cl6N4O/c1-20-9(24)7-4-2-6(3-5-7)8-21-10(12(14,15)16)23-11(22-8)13(17,18)19/h2-5H,1H3,(H,20,24). The van der Waals surface area contributed by atoms with Crippen molar-refractivity contribution >= 4 is 75.5 Å². The van der Waals surface area contributed by atoms with Gasteiger partial charge in [-0.2, -0.15) is 0 Å². The second-order valence-corrected chi connectivity index (χ2v) is 9.02. The molecule has 0 spiro atoms. The fraction of sp³-hybridized carbons (Fsp3) is 0.231. The lowest BCUT2D eigenvalue weighted by molar-refractivity contribution is 0.0963. The number of nitrogens with zero attached hydrogens (tertiary/aromatic N) is 3. The van der Waals surface area contributed by atoms with E-state index < -0.39 is 7.59 Å². The Bertz CT molecular complexity index is 722. The van der Waals surface area contributed by atoms with Crippen molar-refractivity contribution in [2.24, 2.45) is 0 Å². The minimum atomic E-state index is -1.93. The lowest BCUT2D eigenvalue weighted by Gasteiger charge is -2.15. The monoisotopic (exact) mass is 446 g/mol. The molecular weight excluding hydrogens is 441 g/mol. The summed E-state index contributed by atoms with van der Waals surface area (Å²) in [6.45, 7) is 0. The number of rotatable bonds is 2. The number of halogens is 6. The van der Waals surface area contributed by atoms with Crippen LogP contribution in [0, 0.1) is 0 Å². The van der Waals surface area contributed by atoms with Gasteiger partial charge < -0.3 is 5.32 Å². The molecule has 1 heterocycles. The Hall–Kier alpha value is -0.560. The SMILES string of the molecule is CNC(=O)c1ccc(-c2nc(C(Cl)(Cl)Cl)nc(C(Cl)(Cl)Cl)n2)cc1. The highest BCUT2D eigenvalue weighted by Gasteiger charge is 2.34. The van der Waals surface area contributed by atoms with Crippen LogP contribution >= 0.6 is 69.6 Å². The zero-order valence-corrected chi connectivity index (χ0v) is 16.4. The Labute approximate surface area is 167 Å². The molecule has 11 heteroatoms. The van der Waals surface area contributed by atoms with E-state index in [1.807, 2.05) is 0 Å². The molecule has 0 aliphatic heterocycles. The van der Waals surface area contributed by atoms with Gasteiger partial charge in [0, 0.05) is 18.2 Å². The lowest BCUT2D eigenvalue weighted by atomic mass is 10.1. The van der Waals surface area contributed by atoms with E-state index in [1.54, 1.807) is 24.3 Å². The molecule has 0 aliphatic carbocycles. The van der Waals surface area contributed by atoms with E-state index in [2.05, 4.69) is 20.3 Å². The zero-order chi connectivity index (χ0) is 18.1. The fourth-order valence-electron chi connectivity index (χ4n) is 1.67. The van der Waals surface area contributed by atoms with Crippen LogP contribution < -0.4 is 5.32 Å². The van der Waals surface area contributed by atoms with E-state index in [0.29, 0.717) is 11.1 Å². The van der Waals surface area contributed by atoms with E-state index >= 15 is 0 Å². The highest BCUT2D eigenvalue weighted by Crippen LogP contribution is 2.40. The van der Waals surface area contributed by atoms with Gasteiger partial charge in [0.2, 0.25) is 7.59 Å². The molecule has 0 aliphatic rings. The van der Waals surface area contributed by atoms with Crippen molar-refractivity contribution in [1.82, 2.24) is 20.3 Å². The minimum Gasteiger partial charge on any atom is -0.355 e. The van der Waals surface area contributed by atoms with Crippen molar-refractivity contribution < 1.29 is 4.79 Å². The summed E-state index contributed by atoms with van der Waals surface area (Å²) in [5, 5.41) is 2.51. The molecule has 0 bridgehead atoms. The zero-order valence-electron chi connectivity index (χ0n) is 11.8. The van der Waals surface area contributed by atoms with Crippen molar-refractivity contribution in [1.29, 1.82) is 0 Å². The summed E-state index contributed by atoms with van der Waals surface area (Å²) < 4.78 is -3.85. The molecule has 2 rings (SSSR count). The van der Waals surface area contributed by atoms with Crippen LogP contribution in [0.5, 0.6) is 0 Å². The van der Waals surface area contributed by atoms with Crippen molar-refractivity contribution in [3.63, 3.8) is 0 Å². The minimum absolute atomic E-state index is 0.135. The number of nitrogens with one attached hydrogen (secondary N) is 1. The molecule has 1 N–H and O–H groups in total. The van der Waals surface area contributed by atoms with E-state index in [-0.39, 0.29) is 23.4 Å². The van der Waals surface area contributed by atoms with Crippen LogP contribution in [0.2, 0.25) is 0 Å². The average Bonchev–Trinajstić information content (AvgIpc) is 2.52. The highest BCUT2D eigenvalue weighted by molar-refractivity contribution is 6.67. The maximum atomic E-state index is 11.6. The molecule has 0 saturated heterocycles. The van der Waals surface area contributed by atoms with Gasteiger partial charge in [-0.25, -0.2) is 15.0 Å². The first-order chi connectivity index (χ1) is 11.0. The van der Waals surface area contributed by atoms with Crippen molar-refractivity contribution in [2.75, 3.05) is 7.05 Å². The third-order valence-electron chi connectivity index (χ3n) is 2.77. The van der Waals surface area contributed by atoms with Gasteiger partial charge in [0.1, 0.15) is 0 Å². The van der Waals surface area contributed by atoms with E-state index in [9.17, 15) is 4.79 Å². The number of benzene rings is 1. The van der Waals surface area contributed by atoms with Gasteiger partial charge in [-0.15, -0.1) is 0 Å². The van der Waals surface area contributed by atoms with Crippen LogP contribution in [-0.2, 0) is 7.59 Å². The Morgan fingerprint density at radius 3 is 1.71 bits per heavy atom. The smallest absolute Gasteiger partial charge is 0.251 e. The number of carbonyl (C=O) groups is 1. The van der Waals surface area contributed by atoms with E-state index in [4.69, 9.17) is 69.6 Å². The summed E-state index contributed by atoms with van der Waals surface area (Å²) >= 11 is 34.9. The normalized spacial score (nSPS) is 12.1. The van der Waals surface area contributed by atoms with Gasteiger partial charge in [-0.1, -0.05) is 81.7 Å². The number of alkyl halides is 6. The average molecular weight is 449 g/mol. The largest absolute Gasteiger partial charge is 0.355 e. The van der Waals surface area contributed by atoms with Crippen molar-refractivity contribution in [3.05, 3.63) is 41.5 Å². The van der Waals surface area contributed by atoms with E-state index in [1.165, 1.54) is 7.05 Å². The van der Waals surface area contributed by atoms with Crippen LogP contribution in [0.3, 0.4) is 0 Å². The van der Waals surface area contributed by atoms with Gasteiger partial charge in [-0.3, -0.25) is 4.79 Å². The summed E-state index contributed by atoms with van der Waals surface area (Å²) in [6, 6.07) is 6.40. The van der Waals surface area contributed by atoms with Gasteiger partial charge >= 0.3 is 0 Å². The first-order valence-electron chi connectivity index (χ1n) is 6.25. The van der Waals surface area contributed by atoms with Crippen LogP contribution in [0.4, 0.5) is 0 Å². The predicted molar refractivity (Wildman–Crippen MR) is 97.1 cm³/mol. The second kappa shape index (κ2) is 7.36. The molecular formula is C13H8Cl6N4O. The summed E-state index contributed by atoms with van der Waals surface area (Å²) in [7, 11) is 1.53. The van der Waals surface area contributed by atoms with E-state index in [0.717, 1.165) is 0 Å². The molecule has 1 aromatic heterocycles. The number of hydrogen-bond donors (Lipinski definition) is 1. The van der Waals surface area contributed by atoms with Crippen LogP contribution in [-0.4, -0.2) is 27.9 Å². The van der Waals surface area contributed by atoms with Crippen LogP contribution in [0.25, 0.3) is 11.4 Å². The van der Waals surface area contributed by atoms with Gasteiger partial charge in [0.25, 0.3) is 5.91 Å². The number of carbonyl (C=O) groups excluding carboxylic acids is 1. The Kier molecular flexibility index (Phi) is 6.06. The second-order valence-electron chi connectivity index (χ2n) is 4.46. The quantitative estimate of drug-likeness (QED) is 0.684. The molecule has 24 heavy (non-hydrogen) atoms. The van der Waals surface area contributed by atoms with Gasteiger partial charge in [0.05, 0.1) is 0 Å². The van der Waals surface area contributed by atoms with Gasteiger partial charge in [-0.05, 0) is 12.1 Å². The van der Waals surface area contributed by atoms with Crippen LogP contribution in [0.1, 0.15) is 22.0 Å². The third kappa shape index (κ3) is 4.75. The first-order valence-corrected chi connectivity index (χ1v) is 8.52. The number of amides is 1. The van der Waals surface area contributed by atoms with Crippen LogP contribution in [0.15, 0.2) is 24.3 Å². The molecule has 5 nitrogen and oxygen atoms in total. The molecule has 1 aromatic carbocycles. The Balaban J connectivity index is 2.55. The first kappa shape index (κ1) is 19.8. The molecule has 0 radical (unpaired) electrons. The summed E-state index contributed by atoms with van der Waals surface area (Å²) in [6.07, 6.45) is 0. The Morgan fingerprint density at radius 2 is 1.33 bits per heavy atom.